The maximum absolute atomic E-state index is 11.6. The van der Waals surface area contributed by atoms with Crippen molar-refractivity contribution < 1.29 is 19.8 Å². The number of rotatable bonds is 3. The van der Waals surface area contributed by atoms with Crippen molar-refractivity contribution in [3.63, 3.8) is 0 Å². The largest absolute Gasteiger partial charge is 0.480 e. The zero-order valence-electron chi connectivity index (χ0n) is 9.04. The highest BCUT2D eigenvalue weighted by molar-refractivity contribution is 5.91. The number of carbonyl (C=O) groups is 2. The van der Waals surface area contributed by atoms with Crippen LogP contribution in [-0.2, 0) is 9.59 Å². The molecular weight excluding hydrogens is 210 g/mol. The number of nitrogens with zero attached hydrogens (tertiary/aromatic N) is 1. The summed E-state index contributed by atoms with van der Waals surface area (Å²) in [7, 11) is 0. The number of allylic oxidation sites excluding steroid dienone is 3. The van der Waals surface area contributed by atoms with E-state index >= 15 is 0 Å². The van der Waals surface area contributed by atoms with Crippen LogP contribution in [-0.4, -0.2) is 45.7 Å². The van der Waals surface area contributed by atoms with E-state index in [-0.39, 0.29) is 18.9 Å². The maximum atomic E-state index is 11.6. The fourth-order valence-corrected chi connectivity index (χ4v) is 1.64. The number of aliphatic hydroxyl groups excluding tert-OH is 1. The van der Waals surface area contributed by atoms with Gasteiger partial charge < -0.3 is 15.1 Å². The Balaban J connectivity index is 2.70. The van der Waals surface area contributed by atoms with E-state index in [0.29, 0.717) is 0 Å². The Labute approximate surface area is 93.7 Å². The maximum Gasteiger partial charge on any atom is 0.326 e. The number of β-amino-alcohol motifs (C(OH)–C–C–N with tert-alkyl or cyclic N) is 1. The first-order valence-electron chi connectivity index (χ1n) is 5.07. The lowest BCUT2D eigenvalue weighted by atomic mass is 10.2. The van der Waals surface area contributed by atoms with E-state index in [1.165, 1.54) is 11.0 Å². The summed E-state index contributed by atoms with van der Waals surface area (Å²) in [6.07, 6.45) is 5.63. The Kier molecular flexibility index (Phi) is 4.25. The molecule has 0 aromatic rings. The van der Waals surface area contributed by atoms with E-state index in [0.717, 1.165) is 0 Å². The number of aliphatic hydroxyl groups is 1. The second kappa shape index (κ2) is 5.46. The first-order valence-corrected chi connectivity index (χ1v) is 5.07. The molecule has 1 heterocycles. The minimum absolute atomic E-state index is 0.0793. The van der Waals surface area contributed by atoms with Gasteiger partial charge in [-0.05, 0) is 6.92 Å². The molecule has 0 aromatic carbocycles. The first-order chi connectivity index (χ1) is 7.56. The number of carboxylic acids is 1. The van der Waals surface area contributed by atoms with Gasteiger partial charge in [-0.15, -0.1) is 0 Å². The quantitative estimate of drug-likeness (QED) is 0.530. The molecule has 2 atom stereocenters. The molecule has 5 heteroatoms. The van der Waals surface area contributed by atoms with Gasteiger partial charge in [0.05, 0.1) is 6.10 Å². The molecule has 0 spiro atoms. The summed E-state index contributed by atoms with van der Waals surface area (Å²) in [6.45, 7) is 1.89. The molecule has 1 saturated heterocycles. The number of carboxylic acid groups (broad SMARTS) is 1. The fraction of sp³-hybridized carbons (Fsp3) is 0.455. The van der Waals surface area contributed by atoms with Crippen molar-refractivity contribution in [2.24, 2.45) is 0 Å². The van der Waals surface area contributed by atoms with Crippen molar-refractivity contribution in [3.8, 4) is 0 Å². The number of carbonyl (C=O) groups excluding carboxylic acids is 1. The highest BCUT2D eigenvalue weighted by atomic mass is 16.4. The van der Waals surface area contributed by atoms with E-state index in [1.54, 1.807) is 18.2 Å². The Hall–Kier alpha value is -1.62. The molecular formula is C11H15NO4. The van der Waals surface area contributed by atoms with Crippen LogP contribution in [0.1, 0.15) is 13.3 Å². The summed E-state index contributed by atoms with van der Waals surface area (Å²) in [5.74, 6) is -1.47. The van der Waals surface area contributed by atoms with Crippen LogP contribution in [0.2, 0.25) is 0 Å². The standard InChI is InChI=1S/C11H15NO4/c1-2-3-4-5-10(14)12-7-8(13)6-9(12)11(15)16/h2-5,8-9,13H,6-7H2,1H3,(H,15,16)/b3-2+,5-4+. The minimum Gasteiger partial charge on any atom is -0.480 e. The van der Waals surface area contributed by atoms with Gasteiger partial charge in [0.2, 0.25) is 5.91 Å². The average molecular weight is 225 g/mol. The van der Waals surface area contributed by atoms with Crippen molar-refractivity contribution in [1.82, 2.24) is 4.90 Å². The van der Waals surface area contributed by atoms with Gasteiger partial charge in [0.25, 0.3) is 0 Å². The number of likely N-dealkylation sites (tertiary alicyclic amines) is 1. The molecule has 2 unspecified atom stereocenters. The summed E-state index contributed by atoms with van der Waals surface area (Å²) in [5, 5.41) is 18.2. The topological polar surface area (TPSA) is 77.8 Å². The summed E-state index contributed by atoms with van der Waals surface area (Å²) in [6, 6.07) is -0.919. The predicted molar refractivity (Wildman–Crippen MR) is 57.7 cm³/mol. The summed E-state index contributed by atoms with van der Waals surface area (Å²) < 4.78 is 0. The third-order valence-electron chi connectivity index (χ3n) is 2.39. The molecule has 5 nitrogen and oxygen atoms in total. The molecule has 1 aliphatic rings. The van der Waals surface area contributed by atoms with Gasteiger partial charge in [0.1, 0.15) is 6.04 Å². The molecule has 0 aromatic heterocycles. The van der Waals surface area contributed by atoms with Crippen molar-refractivity contribution >= 4 is 11.9 Å². The van der Waals surface area contributed by atoms with Crippen LogP contribution in [0.25, 0.3) is 0 Å². The number of amides is 1. The molecule has 88 valence electrons. The van der Waals surface area contributed by atoms with Crippen LogP contribution >= 0.6 is 0 Å². The Morgan fingerprint density at radius 1 is 1.38 bits per heavy atom. The highest BCUT2D eigenvalue weighted by Gasteiger charge is 2.37. The van der Waals surface area contributed by atoms with Gasteiger partial charge in [-0.1, -0.05) is 18.2 Å². The molecule has 1 fully saturated rings. The lowest BCUT2D eigenvalue weighted by Gasteiger charge is -2.18. The SMILES string of the molecule is C/C=C/C=C/C(=O)N1CC(O)CC1C(=O)O. The Bertz CT molecular complexity index is 335. The van der Waals surface area contributed by atoms with Gasteiger partial charge in [-0.25, -0.2) is 4.79 Å². The van der Waals surface area contributed by atoms with Gasteiger partial charge in [0.15, 0.2) is 0 Å². The highest BCUT2D eigenvalue weighted by Crippen LogP contribution is 2.18. The van der Waals surface area contributed by atoms with Crippen LogP contribution in [0.15, 0.2) is 24.3 Å². The van der Waals surface area contributed by atoms with E-state index in [2.05, 4.69) is 0 Å². The monoisotopic (exact) mass is 225 g/mol. The van der Waals surface area contributed by atoms with E-state index in [4.69, 9.17) is 5.11 Å². The molecule has 0 radical (unpaired) electrons. The summed E-state index contributed by atoms with van der Waals surface area (Å²) >= 11 is 0. The van der Waals surface area contributed by atoms with Crippen molar-refractivity contribution in [2.45, 2.75) is 25.5 Å². The van der Waals surface area contributed by atoms with Gasteiger partial charge in [-0.3, -0.25) is 4.79 Å². The molecule has 1 amide bonds. The minimum atomic E-state index is -1.08. The molecule has 0 aliphatic carbocycles. The second-order valence-electron chi connectivity index (χ2n) is 3.62. The van der Waals surface area contributed by atoms with E-state index in [9.17, 15) is 14.7 Å². The zero-order chi connectivity index (χ0) is 12.1. The first kappa shape index (κ1) is 12.4. The van der Waals surface area contributed by atoms with E-state index < -0.39 is 18.1 Å². The van der Waals surface area contributed by atoms with Gasteiger partial charge in [0, 0.05) is 19.0 Å². The average Bonchev–Trinajstić information content (AvgIpc) is 2.61. The summed E-state index contributed by atoms with van der Waals surface area (Å²) in [5.41, 5.74) is 0. The van der Waals surface area contributed by atoms with Crippen LogP contribution in [0, 0.1) is 0 Å². The molecule has 2 N–H and O–H groups in total. The normalized spacial score (nSPS) is 25.8. The Morgan fingerprint density at radius 2 is 2.06 bits per heavy atom. The number of hydrogen-bond donors (Lipinski definition) is 2. The number of hydrogen-bond acceptors (Lipinski definition) is 3. The zero-order valence-corrected chi connectivity index (χ0v) is 9.04. The molecule has 0 bridgehead atoms. The lowest BCUT2D eigenvalue weighted by Crippen LogP contribution is -2.39. The van der Waals surface area contributed by atoms with Crippen LogP contribution < -0.4 is 0 Å². The van der Waals surface area contributed by atoms with Crippen LogP contribution in [0.3, 0.4) is 0 Å². The fourth-order valence-electron chi connectivity index (χ4n) is 1.64. The lowest BCUT2D eigenvalue weighted by molar-refractivity contribution is -0.146. The summed E-state index contributed by atoms with van der Waals surface area (Å²) in [4.78, 5) is 23.6. The van der Waals surface area contributed by atoms with Gasteiger partial charge >= 0.3 is 5.97 Å². The molecule has 16 heavy (non-hydrogen) atoms. The van der Waals surface area contributed by atoms with Crippen molar-refractivity contribution in [1.29, 1.82) is 0 Å². The molecule has 1 aliphatic heterocycles. The smallest absolute Gasteiger partial charge is 0.326 e. The second-order valence-corrected chi connectivity index (χ2v) is 3.62. The predicted octanol–water partition coefficient (Wildman–Crippen LogP) is 0.165. The van der Waals surface area contributed by atoms with Crippen molar-refractivity contribution in [3.05, 3.63) is 24.3 Å². The molecule has 0 saturated carbocycles. The third kappa shape index (κ3) is 2.93. The van der Waals surface area contributed by atoms with Gasteiger partial charge in [-0.2, -0.15) is 0 Å². The third-order valence-corrected chi connectivity index (χ3v) is 2.39. The number of aliphatic carboxylic acids is 1. The van der Waals surface area contributed by atoms with Crippen LogP contribution in [0.4, 0.5) is 0 Å². The molecule has 1 rings (SSSR count). The van der Waals surface area contributed by atoms with Crippen molar-refractivity contribution in [2.75, 3.05) is 6.54 Å². The van der Waals surface area contributed by atoms with E-state index in [1.807, 2.05) is 6.92 Å². The Morgan fingerprint density at radius 3 is 2.62 bits per heavy atom. The van der Waals surface area contributed by atoms with Crippen LogP contribution in [0.5, 0.6) is 0 Å².